The minimum absolute atomic E-state index is 0.0139. The molecule has 0 radical (unpaired) electrons. The second-order valence-electron chi connectivity index (χ2n) is 5.59. The maximum atomic E-state index is 12.1. The highest BCUT2D eigenvalue weighted by Crippen LogP contribution is 2.23. The van der Waals surface area contributed by atoms with Crippen LogP contribution in [0.2, 0.25) is 0 Å². The third kappa shape index (κ3) is 7.16. The lowest BCUT2D eigenvalue weighted by atomic mass is 10.0. The molecule has 12 heteroatoms. The molecular weight excluding hydrogens is 392 g/mol. The van der Waals surface area contributed by atoms with Crippen LogP contribution in [0.5, 0.6) is 0 Å². The van der Waals surface area contributed by atoms with Crippen LogP contribution in [0.15, 0.2) is 18.2 Å². The van der Waals surface area contributed by atoms with Gasteiger partial charge in [-0.3, -0.25) is 29.8 Å². The molecule has 0 saturated carbocycles. The SMILES string of the molecule is CCOC(=O)C(CCCOC(=O)c1cc([N+](=O)[O-])cc([N+](=O)[O-])c1)C(=O)OCC. The number of benzene rings is 1. The van der Waals surface area contributed by atoms with Crippen LogP contribution in [0.3, 0.4) is 0 Å². The quantitative estimate of drug-likeness (QED) is 0.131. The van der Waals surface area contributed by atoms with E-state index in [4.69, 9.17) is 14.2 Å². The van der Waals surface area contributed by atoms with Gasteiger partial charge in [-0.1, -0.05) is 0 Å². The van der Waals surface area contributed by atoms with Crippen LogP contribution in [0.4, 0.5) is 11.4 Å². The molecule has 0 aliphatic heterocycles. The number of hydrogen-bond acceptors (Lipinski definition) is 10. The second-order valence-corrected chi connectivity index (χ2v) is 5.59. The zero-order valence-corrected chi connectivity index (χ0v) is 15.8. The van der Waals surface area contributed by atoms with Gasteiger partial charge in [-0.25, -0.2) is 4.79 Å². The molecule has 0 heterocycles. The molecule has 0 atom stereocenters. The van der Waals surface area contributed by atoms with Crippen molar-refractivity contribution in [3.63, 3.8) is 0 Å². The lowest BCUT2D eigenvalue weighted by molar-refractivity contribution is -0.394. The second kappa shape index (κ2) is 11.3. The first-order valence-electron chi connectivity index (χ1n) is 8.65. The molecule has 0 unspecified atom stereocenters. The van der Waals surface area contributed by atoms with Crippen LogP contribution in [-0.2, 0) is 23.8 Å². The Labute approximate surface area is 165 Å². The summed E-state index contributed by atoms with van der Waals surface area (Å²) in [4.78, 5) is 55.8. The van der Waals surface area contributed by atoms with Crippen molar-refractivity contribution in [1.29, 1.82) is 0 Å². The lowest BCUT2D eigenvalue weighted by Crippen LogP contribution is -2.28. The van der Waals surface area contributed by atoms with Gasteiger partial charge in [0.05, 0.1) is 41.3 Å². The fourth-order valence-corrected chi connectivity index (χ4v) is 2.28. The Balaban J connectivity index is 2.74. The number of hydrogen-bond donors (Lipinski definition) is 0. The van der Waals surface area contributed by atoms with Crippen LogP contribution in [0, 0.1) is 26.1 Å². The summed E-state index contributed by atoms with van der Waals surface area (Å²) in [5, 5.41) is 21.7. The lowest BCUT2D eigenvalue weighted by Gasteiger charge is -2.14. The van der Waals surface area contributed by atoms with Gasteiger partial charge in [0.2, 0.25) is 0 Å². The summed E-state index contributed by atoms with van der Waals surface area (Å²) >= 11 is 0. The van der Waals surface area contributed by atoms with Crippen LogP contribution in [-0.4, -0.2) is 47.6 Å². The molecule has 29 heavy (non-hydrogen) atoms. The Morgan fingerprint density at radius 2 is 1.38 bits per heavy atom. The summed E-state index contributed by atoms with van der Waals surface area (Å²) in [6.07, 6.45) is 0.0745. The largest absolute Gasteiger partial charge is 0.465 e. The zero-order chi connectivity index (χ0) is 22.0. The summed E-state index contributed by atoms with van der Waals surface area (Å²) in [6.45, 7) is 3.09. The molecule has 0 aromatic heterocycles. The summed E-state index contributed by atoms with van der Waals surface area (Å²) in [6, 6.07) is 2.44. The summed E-state index contributed by atoms with van der Waals surface area (Å²) in [5.74, 6) is -3.70. The number of nitro benzene ring substituents is 2. The van der Waals surface area contributed by atoms with E-state index in [9.17, 15) is 34.6 Å². The molecule has 1 aromatic rings. The molecule has 12 nitrogen and oxygen atoms in total. The van der Waals surface area contributed by atoms with Crippen molar-refractivity contribution >= 4 is 29.3 Å². The molecule has 0 spiro atoms. The normalized spacial score (nSPS) is 10.3. The molecule has 0 bridgehead atoms. The number of non-ortho nitro benzene ring substituents is 2. The first-order chi connectivity index (χ1) is 13.7. The molecule has 0 N–H and O–H groups in total. The number of rotatable bonds is 11. The Hall–Kier alpha value is -3.57. The first kappa shape index (κ1) is 23.5. The molecule has 158 valence electrons. The van der Waals surface area contributed by atoms with Crippen LogP contribution < -0.4 is 0 Å². The molecular formula is C17H20N2O10. The van der Waals surface area contributed by atoms with E-state index in [-0.39, 0.29) is 38.2 Å². The van der Waals surface area contributed by atoms with E-state index >= 15 is 0 Å². The molecule has 0 aliphatic rings. The average molecular weight is 412 g/mol. The number of esters is 3. The standard InChI is InChI=1S/C17H20N2O10/c1-3-27-16(21)14(17(22)28-4-2)6-5-7-29-15(20)11-8-12(18(23)24)10-13(9-11)19(25)26/h8-10,14H,3-7H2,1-2H3. The van der Waals surface area contributed by atoms with E-state index in [1.807, 2.05) is 0 Å². The monoisotopic (exact) mass is 412 g/mol. The van der Waals surface area contributed by atoms with Crippen molar-refractivity contribution in [2.24, 2.45) is 5.92 Å². The van der Waals surface area contributed by atoms with Crippen molar-refractivity contribution < 1.29 is 38.4 Å². The average Bonchev–Trinajstić information content (AvgIpc) is 2.67. The Kier molecular flexibility index (Phi) is 9.16. The van der Waals surface area contributed by atoms with Gasteiger partial charge < -0.3 is 14.2 Å². The van der Waals surface area contributed by atoms with Gasteiger partial charge >= 0.3 is 17.9 Å². The summed E-state index contributed by atoms with van der Waals surface area (Å²) in [5.41, 5.74) is -1.62. The van der Waals surface area contributed by atoms with Gasteiger partial charge in [0.15, 0.2) is 5.92 Å². The number of ether oxygens (including phenoxy) is 3. The van der Waals surface area contributed by atoms with Gasteiger partial charge in [0.25, 0.3) is 11.4 Å². The van der Waals surface area contributed by atoms with Gasteiger partial charge in [-0.2, -0.15) is 0 Å². The molecule has 1 aromatic carbocycles. The van der Waals surface area contributed by atoms with Crippen LogP contribution in [0.25, 0.3) is 0 Å². The Morgan fingerprint density at radius 1 is 0.897 bits per heavy atom. The van der Waals surface area contributed by atoms with E-state index in [2.05, 4.69) is 0 Å². The van der Waals surface area contributed by atoms with Gasteiger partial charge in [0, 0.05) is 12.1 Å². The highest BCUT2D eigenvalue weighted by Gasteiger charge is 2.29. The fraction of sp³-hybridized carbons (Fsp3) is 0.471. The van der Waals surface area contributed by atoms with E-state index < -0.39 is 45.0 Å². The Morgan fingerprint density at radius 3 is 1.79 bits per heavy atom. The number of carbonyl (C=O) groups excluding carboxylic acids is 3. The van der Waals surface area contributed by atoms with Gasteiger partial charge in [0.1, 0.15) is 0 Å². The minimum Gasteiger partial charge on any atom is -0.465 e. The smallest absolute Gasteiger partial charge is 0.338 e. The van der Waals surface area contributed by atoms with Gasteiger partial charge in [-0.15, -0.1) is 0 Å². The fourth-order valence-electron chi connectivity index (χ4n) is 2.28. The van der Waals surface area contributed by atoms with E-state index in [1.54, 1.807) is 13.8 Å². The van der Waals surface area contributed by atoms with Crippen LogP contribution in [0.1, 0.15) is 37.0 Å². The first-order valence-corrected chi connectivity index (χ1v) is 8.65. The highest BCUT2D eigenvalue weighted by molar-refractivity contribution is 5.95. The zero-order valence-electron chi connectivity index (χ0n) is 15.8. The van der Waals surface area contributed by atoms with Crippen molar-refractivity contribution in [1.82, 2.24) is 0 Å². The molecule has 0 saturated heterocycles. The number of nitrogens with zero attached hydrogens (tertiary/aromatic N) is 2. The number of nitro groups is 2. The molecule has 0 fully saturated rings. The maximum absolute atomic E-state index is 12.1. The molecule has 0 aliphatic carbocycles. The van der Waals surface area contributed by atoms with Crippen molar-refractivity contribution in [2.75, 3.05) is 19.8 Å². The number of carbonyl (C=O) groups is 3. The van der Waals surface area contributed by atoms with Crippen molar-refractivity contribution in [3.05, 3.63) is 44.0 Å². The van der Waals surface area contributed by atoms with E-state index in [0.717, 1.165) is 18.2 Å². The minimum atomic E-state index is -1.17. The molecule has 1 rings (SSSR count). The van der Waals surface area contributed by atoms with E-state index in [0.29, 0.717) is 0 Å². The van der Waals surface area contributed by atoms with Crippen molar-refractivity contribution in [2.45, 2.75) is 26.7 Å². The highest BCUT2D eigenvalue weighted by atomic mass is 16.6. The third-order valence-corrected chi connectivity index (χ3v) is 3.57. The van der Waals surface area contributed by atoms with Gasteiger partial charge in [-0.05, 0) is 26.7 Å². The van der Waals surface area contributed by atoms with E-state index in [1.165, 1.54) is 0 Å². The summed E-state index contributed by atoms with van der Waals surface area (Å²) < 4.78 is 14.6. The predicted molar refractivity (Wildman–Crippen MR) is 96.0 cm³/mol. The maximum Gasteiger partial charge on any atom is 0.338 e. The predicted octanol–water partition coefficient (Wildman–Crippen LogP) is 2.18. The topological polar surface area (TPSA) is 165 Å². The summed E-state index contributed by atoms with van der Waals surface area (Å²) in [7, 11) is 0. The molecule has 0 amide bonds. The Bertz CT molecular complexity index is 742. The van der Waals surface area contributed by atoms with Crippen molar-refractivity contribution in [3.8, 4) is 0 Å². The van der Waals surface area contributed by atoms with Crippen LogP contribution >= 0.6 is 0 Å². The third-order valence-electron chi connectivity index (χ3n) is 3.57.